The summed E-state index contributed by atoms with van der Waals surface area (Å²) in [5, 5.41) is 0. The van der Waals surface area contributed by atoms with Crippen LogP contribution in [0.25, 0.3) is 0 Å². The van der Waals surface area contributed by atoms with Crippen molar-refractivity contribution in [1.29, 1.82) is 0 Å². The number of urea groups is 1. The van der Waals surface area contributed by atoms with E-state index < -0.39 is 46.5 Å². The smallest absolute Gasteiger partial charge is 0.425 e. The summed E-state index contributed by atoms with van der Waals surface area (Å²) in [4.78, 5) is 55.8. The Morgan fingerprint density at radius 1 is 1.03 bits per heavy atom. The number of hydrogen-bond acceptors (Lipinski definition) is 8. The first-order valence-electron chi connectivity index (χ1n) is 11.8. The maximum absolute atomic E-state index is 14.2. The molecule has 3 aliphatic heterocycles. The molecule has 0 aromatic heterocycles. The summed E-state index contributed by atoms with van der Waals surface area (Å²) in [6.45, 7) is 10.5. The quantitative estimate of drug-likeness (QED) is 0.398. The molecule has 0 radical (unpaired) electrons. The lowest BCUT2D eigenvalue weighted by atomic mass is 9.73. The molecule has 0 saturated carbocycles. The van der Waals surface area contributed by atoms with E-state index in [2.05, 4.69) is 15.9 Å². The second-order valence-electron chi connectivity index (χ2n) is 11.3. The van der Waals surface area contributed by atoms with Crippen LogP contribution in [0.15, 0.2) is 22.7 Å². The van der Waals surface area contributed by atoms with E-state index in [1.165, 1.54) is 0 Å². The number of carbonyl (C=O) groups excluding carboxylic acids is 4. The van der Waals surface area contributed by atoms with Crippen LogP contribution in [-0.4, -0.2) is 63.9 Å². The molecule has 36 heavy (non-hydrogen) atoms. The summed E-state index contributed by atoms with van der Waals surface area (Å²) in [5.41, 5.74) is -4.60. The molecule has 1 aromatic rings. The fourth-order valence-electron chi connectivity index (χ4n) is 4.82. The van der Waals surface area contributed by atoms with E-state index in [1.807, 2.05) is 0 Å². The van der Waals surface area contributed by atoms with Crippen molar-refractivity contribution in [2.75, 3.05) is 13.2 Å². The summed E-state index contributed by atoms with van der Waals surface area (Å²) in [6, 6.07) is 3.88. The normalized spacial score (nSPS) is 26.2. The Labute approximate surface area is 218 Å². The van der Waals surface area contributed by atoms with Crippen molar-refractivity contribution < 1.29 is 38.1 Å². The van der Waals surface area contributed by atoms with Gasteiger partial charge in [-0.05, 0) is 72.6 Å². The van der Waals surface area contributed by atoms with E-state index in [0.717, 1.165) is 4.90 Å². The number of carbonyl (C=O) groups is 4. The molecule has 11 heteroatoms. The van der Waals surface area contributed by atoms with Gasteiger partial charge in [-0.1, -0.05) is 15.9 Å². The number of amides is 5. The SMILES string of the molecule is CC(C)(C)OC(=O)N1C(=O)N(C(=O)OC(C)(C)C)C2(CC3(CCCOC3)Oc3ccc(Br)cc32)C1=O. The fraction of sp³-hybridized carbons (Fsp3) is 0.600. The van der Waals surface area contributed by atoms with E-state index in [0.29, 0.717) is 34.6 Å². The molecule has 1 aromatic carbocycles. The van der Waals surface area contributed by atoms with E-state index in [4.69, 9.17) is 18.9 Å². The van der Waals surface area contributed by atoms with Gasteiger partial charge in [-0.25, -0.2) is 19.3 Å². The van der Waals surface area contributed by atoms with Crippen molar-refractivity contribution in [3.63, 3.8) is 0 Å². The van der Waals surface area contributed by atoms with Gasteiger partial charge in [0.25, 0.3) is 5.91 Å². The van der Waals surface area contributed by atoms with Crippen LogP contribution in [0.1, 0.15) is 66.4 Å². The lowest BCUT2D eigenvalue weighted by molar-refractivity contribution is -0.145. The number of ether oxygens (including phenoxy) is 4. The van der Waals surface area contributed by atoms with Gasteiger partial charge in [0.05, 0.1) is 6.61 Å². The summed E-state index contributed by atoms with van der Waals surface area (Å²) in [6.07, 6.45) is -1.13. The highest BCUT2D eigenvalue weighted by Crippen LogP contribution is 2.54. The molecular formula is C25H31BrN2O8. The maximum Gasteiger partial charge on any atom is 0.425 e. The van der Waals surface area contributed by atoms with Crippen LogP contribution in [0.5, 0.6) is 5.75 Å². The molecule has 2 spiro atoms. The first-order valence-corrected chi connectivity index (χ1v) is 12.6. The molecule has 2 unspecified atom stereocenters. The molecular weight excluding hydrogens is 536 g/mol. The highest BCUT2D eigenvalue weighted by molar-refractivity contribution is 9.10. The average Bonchev–Trinajstić information content (AvgIpc) is 2.93. The standard InChI is InChI=1S/C25H31BrN2O8/c1-22(2,3)35-20(31)27-18(29)25(28(19(27)30)21(32)36-23(4,5)6)13-24(10-7-11-33-14-24)34-17-9-8-15(26)12-16(17)25/h8-9,12H,7,10-11,13-14H2,1-6H3. The van der Waals surface area contributed by atoms with E-state index in [-0.39, 0.29) is 18.6 Å². The molecule has 0 aliphatic carbocycles. The number of benzene rings is 1. The number of nitrogens with zero attached hydrogens (tertiary/aromatic N) is 2. The van der Waals surface area contributed by atoms with Crippen LogP contribution in [0.4, 0.5) is 14.4 Å². The molecule has 2 atom stereocenters. The minimum absolute atomic E-state index is 0.105. The van der Waals surface area contributed by atoms with Crippen LogP contribution in [0, 0.1) is 0 Å². The lowest BCUT2D eigenvalue weighted by Crippen LogP contribution is -2.61. The van der Waals surface area contributed by atoms with Crippen molar-refractivity contribution >= 4 is 40.1 Å². The summed E-state index contributed by atoms with van der Waals surface area (Å²) >= 11 is 3.42. The van der Waals surface area contributed by atoms with Gasteiger partial charge >= 0.3 is 18.2 Å². The van der Waals surface area contributed by atoms with Crippen molar-refractivity contribution in [2.45, 2.75) is 83.1 Å². The predicted octanol–water partition coefficient (Wildman–Crippen LogP) is 5.11. The van der Waals surface area contributed by atoms with Gasteiger partial charge in [0.1, 0.15) is 22.6 Å². The molecule has 3 aliphatic rings. The number of rotatable bonds is 0. The summed E-state index contributed by atoms with van der Waals surface area (Å²) in [5.74, 6) is -0.587. The molecule has 2 fully saturated rings. The summed E-state index contributed by atoms with van der Waals surface area (Å²) in [7, 11) is 0. The summed E-state index contributed by atoms with van der Waals surface area (Å²) < 4.78 is 23.6. The van der Waals surface area contributed by atoms with Gasteiger partial charge in [0.2, 0.25) is 0 Å². The Hall–Kier alpha value is -2.66. The van der Waals surface area contributed by atoms with E-state index >= 15 is 0 Å². The Kier molecular flexibility index (Phi) is 6.40. The highest BCUT2D eigenvalue weighted by atomic mass is 79.9. The number of fused-ring (bicyclic) bond motifs is 2. The number of halogens is 1. The van der Waals surface area contributed by atoms with Crippen LogP contribution in [0.2, 0.25) is 0 Å². The topological polar surface area (TPSA) is 112 Å². The van der Waals surface area contributed by atoms with Crippen LogP contribution in [-0.2, 0) is 24.5 Å². The zero-order valence-electron chi connectivity index (χ0n) is 21.3. The minimum atomic E-state index is -1.91. The van der Waals surface area contributed by atoms with Gasteiger partial charge in [-0.15, -0.1) is 0 Å². The molecule has 10 nitrogen and oxygen atoms in total. The van der Waals surface area contributed by atoms with Gasteiger partial charge in [-0.3, -0.25) is 4.79 Å². The van der Waals surface area contributed by atoms with E-state index in [1.54, 1.807) is 59.7 Å². The van der Waals surface area contributed by atoms with Crippen molar-refractivity contribution in [2.24, 2.45) is 0 Å². The van der Waals surface area contributed by atoms with Crippen LogP contribution < -0.4 is 4.74 Å². The molecule has 5 amide bonds. The second-order valence-corrected chi connectivity index (χ2v) is 12.3. The Morgan fingerprint density at radius 3 is 2.25 bits per heavy atom. The third-order valence-corrected chi connectivity index (χ3v) is 6.54. The average molecular weight is 567 g/mol. The zero-order chi connectivity index (χ0) is 26.7. The minimum Gasteiger partial charge on any atom is -0.484 e. The molecule has 196 valence electrons. The molecule has 3 heterocycles. The highest BCUT2D eigenvalue weighted by Gasteiger charge is 2.69. The Morgan fingerprint density at radius 2 is 1.67 bits per heavy atom. The van der Waals surface area contributed by atoms with E-state index in [9.17, 15) is 19.2 Å². The molecule has 0 bridgehead atoms. The van der Waals surface area contributed by atoms with Crippen molar-refractivity contribution in [3.05, 3.63) is 28.2 Å². The number of imide groups is 4. The third-order valence-electron chi connectivity index (χ3n) is 6.05. The second kappa shape index (κ2) is 8.72. The Bertz CT molecular complexity index is 1120. The van der Waals surface area contributed by atoms with Gasteiger partial charge in [-0.2, -0.15) is 4.90 Å². The predicted molar refractivity (Wildman–Crippen MR) is 130 cm³/mol. The Balaban J connectivity index is 1.94. The van der Waals surface area contributed by atoms with Crippen LogP contribution in [0.3, 0.4) is 0 Å². The first-order chi connectivity index (χ1) is 16.6. The van der Waals surface area contributed by atoms with Gasteiger partial charge in [0, 0.05) is 23.1 Å². The molecule has 2 saturated heterocycles. The maximum atomic E-state index is 14.2. The number of hydrogen-bond donors (Lipinski definition) is 0. The largest absolute Gasteiger partial charge is 0.484 e. The monoisotopic (exact) mass is 566 g/mol. The van der Waals surface area contributed by atoms with Crippen molar-refractivity contribution in [1.82, 2.24) is 9.80 Å². The zero-order valence-corrected chi connectivity index (χ0v) is 22.9. The van der Waals surface area contributed by atoms with Gasteiger partial charge < -0.3 is 18.9 Å². The lowest BCUT2D eigenvalue weighted by Gasteiger charge is -2.49. The third kappa shape index (κ3) is 4.58. The molecule has 4 rings (SSSR count). The first kappa shape index (κ1) is 26.4. The van der Waals surface area contributed by atoms with Crippen molar-refractivity contribution in [3.8, 4) is 5.75 Å². The van der Waals surface area contributed by atoms with Gasteiger partial charge in [0.15, 0.2) is 5.54 Å². The van der Waals surface area contributed by atoms with Crippen LogP contribution >= 0.6 is 15.9 Å². The fourth-order valence-corrected chi connectivity index (χ4v) is 5.18. The molecule has 0 N–H and O–H groups in total.